The lowest BCUT2D eigenvalue weighted by molar-refractivity contribution is -0.123. The number of amides is 3. The maximum atomic E-state index is 11.6. The molecule has 21 heavy (non-hydrogen) atoms. The smallest absolute Gasteiger partial charge is 0.340 e. The van der Waals surface area contributed by atoms with Crippen molar-refractivity contribution in [2.45, 2.75) is 19.8 Å². The summed E-state index contributed by atoms with van der Waals surface area (Å²) in [6.07, 6.45) is 2.99. The number of unbranched alkanes of at least 4 members (excludes halogenated alkanes) is 1. The Morgan fingerprint density at radius 2 is 2.10 bits per heavy atom. The average Bonchev–Trinajstić information content (AvgIpc) is 2.46. The lowest BCUT2D eigenvalue weighted by atomic mass is 10.3. The Morgan fingerprint density at radius 3 is 2.71 bits per heavy atom. The first-order valence-corrected chi connectivity index (χ1v) is 6.77. The third-order valence-electron chi connectivity index (χ3n) is 2.37. The van der Waals surface area contributed by atoms with Gasteiger partial charge >= 0.3 is 12.0 Å². The second-order valence-electron chi connectivity index (χ2n) is 4.10. The van der Waals surface area contributed by atoms with Gasteiger partial charge in [0.2, 0.25) is 0 Å². The quantitative estimate of drug-likeness (QED) is 0.471. The van der Waals surface area contributed by atoms with Crippen molar-refractivity contribution >= 4 is 29.5 Å². The Kier molecular flexibility index (Phi) is 7.17. The van der Waals surface area contributed by atoms with Gasteiger partial charge in [0.05, 0.1) is 5.56 Å². The van der Waals surface area contributed by atoms with Crippen LogP contribution in [-0.4, -0.2) is 36.0 Å². The van der Waals surface area contributed by atoms with Crippen LogP contribution in [0.5, 0.6) is 0 Å². The fourth-order valence-corrected chi connectivity index (χ4v) is 1.41. The highest BCUT2D eigenvalue weighted by molar-refractivity contribution is 6.29. The Balaban J connectivity index is 2.30. The molecule has 2 N–H and O–H groups in total. The Hall–Kier alpha value is -2.15. The third kappa shape index (κ3) is 6.71. The lowest BCUT2D eigenvalue weighted by Gasteiger charge is -2.07. The van der Waals surface area contributed by atoms with Gasteiger partial charge in [-0.15, -0.1) is 0 Å². The van der Waals surface area contributed by atoms with Crippen molar-refractivity contribution in [1.29, 1.82) is 0 Å². The van der Waals surface area contributed by atoms with Crippen molar-refractivity contribution in [3.8, 4) is 0 Å². The summed E-state index contributed by atoms with van der Waals surface area (Å²) in [7, 11) is 0. The van der Waals surface area contributed by atoms with Crippen LogP contribution in [0.1, 0.15) is 30.1 Å². The van der Waals surface area contributed by atoms with Crippen LogP contribution in [0.3, 0.4) is 0 Å². The van der Waals surface area contributed by atoms with Gasteiger partial charge in [0, 0.05) is 12.7 Å². The number of nitrogens with one attached hydrogen (secondary N) is 2. The number of pyridine rings is 1. The summed E-state index contributed by atoms with van der Waals surface area (Å²) < 4.78 is 4.74. The molecular weight excluding hydrogens is 298 g/mol. The molecule has 114 valence electrons. The van der Waals surface area contributed by atoms with Gasteiger partial charge in [-0.2, -0.15) is 0 Å². The molecule has 0 bridgehead atoms. The molecule has 0 saturated carbocycles. The minimum Gasteiger partial charge on any atom is -0.452 e. The van der Waals surface area contributed by atoms with Gasteiger partial charge in [0.25, 0.3) is 5.91 Å². The fourth-order valence-electron chi connectivity index (χ4n) is 1.30. The van der Waals surface area contributed by atoms with E-state index >= 15 is 0 Å². The van der Waals surface area contributed by atoms with E-state index < -0.39 is 24.5 Å². The number of carbonyl (C=O) groups excluding carboxylic acids is 3. The van der Waals surface area contributed by atoms with Crippen molar-refractivity contribution in [2.24, 2.45) is 0 Å². The zero-order valence-corrected chi connectivity index (χ0v) is 12.3. The lowest BCUT2D eigenvalue weighted by Crippen LogP contribution is -2.41. The first-order chi connectivity index (χ1) is 10.0. The van der Waals surface area contributed by atoms with Crippen molar-refractivity contribution in [3.05, 3.63) is 29.0 Å². The summed E-state index contributed by atoms with van der Waals surface area (Å²) in [5, 5.41) is 4.80. The Labute approximate surface area is 127 Å². The molecule has 7 nitrogen and oxygen atoms in total. The van der Waals surface area contributed by atoms with E-state index in [9.17, 15) is 14.4 Å². The van der Waals surface area contributed by atoms with Gasteiger partial charge in [0.15, 0.2) is 6.61 Å². The molecule has 1 rings (SSSR count). The van der Waals surface area contributed by atoms with E-state index in [0.29, 0.717) is 6.54 Å². The summed E-state index contributed by atoms with van der Waals surface area (Å²) >= 11 is 5.58. The summed E-state index contributed by atoms with van der Waals surface area (Å²) in [6.45, 7) is 1.91. The number of hydrogen-bond donors (Lipinski definition) is 2. The molecule has 0 radical (unpaired) electrons. The zero-order valence-electron chi connectivity index (χ0n) is 11.5. The normalized spacial score (nSPS) is 9.81. The van der Waals surface area contributed by atoms with Gasteiger partial charge < -0.3 is 10.1 Å². The van der Waals surface area contributed by atoms with E-state index in [0.717, 1.165) is 12.8 Å². The second kappa shape index (κ2) is 8.91. The summed E-state index contributed by atoms with van der Waals surface area (Å²) in [5.74, 6) is -1.43. The van der Waals surface area contributed by atoms with E-state index in [1.165, 1.54) is 18.3 Å². The molecule has 0 aliphatic rings. The predicted octanol–water partition coefficient (Wildman–Crippen LogP) is 1.52. The van der Waals surface area contributed by atoms with Crippen LogP contribution in [0.2, 0.25) is 5.15 Å². The molecule has 0 saturated heterocycles. The molecule has 0 atom stereocenters. The number of hydrogen-bond acceptors (Lipinski definition) is 5. The molecule has 0 aliphatic carbocycles. The molecule has 0 aliphatic heterocycles. The van der Waals surface area contributed by atoms with E-state index in [1.807, 2.05) is 6.92 Å². The first kappa shape index (κ1) is 16.9. The number of ether oxygens (including phenoxy) is 1. The van der Waals surface area contributed by atoms with Crippen LogP contribution in [0, 0.1) is 0 Å². The highest BCUT2D eigenvalue weighted by atomic mass is 35.5. The number of urea groups is 1. The molecule has 3 amide bonds. The van der Waals surface area contributed by atoms with Crippen LogP contribution in [0.15, 0.2) is 18.3 Å². The molecule has 0 spiro atoms. The summed E-state index contributed by atoms with van der Waals surface area (Å²) in [4.78, 5) is 38.0. The highest BCUT2D eigenvalue weighted by Crippen LogP contribution is 2.06. The number of rotatable bonds is 6. The van der Waals surface area contributed by atoms with Gasteiger partial charge in [-0.05, 0) is 18.6 Å². The third-order valence-corrected chi connectivity index (χ3v) is 2.59. The number of imide groups is 1. The fraction of sp³-hybridized carbons (Fsp3) is 0.385. The minimum absolute atomic E-state index is 0.166. The van der Waals surface area contributed by atoms with Gasteiger partial charge in [-0.1, -0.05) is 24.9 Å². The maximum absolute atomic E-state index is 11.6. The largest absolute Gasteiger partial charge is 0.452 e. The molecule has 8 heteroatoms. The Bertz CT molecular complexity index is 505. The number of carbonyl (C=O) groups is 3. The summed E-state index contributed by atoms with van der Waals surface area (Å²) in [5.41, 5.74) is 0.166. The van der Waals surface area contributed by atoms with Crippen LogP contribution in [0.4, 0.5) is 4.79 Å². The predicted molar refractivity (Wildman–Crippen MR) is 76.0 cm³/mol. The van der Waals surface area contributed by atoms with Crippen molar-refractivity contribution < 1.29 is 19.1 Å². The van der Waals surface area contributed by atoms with Gasteiger partial charge in [0.1, 0.15) is 5.15 Å². The zero-order chi connectivity index (χ0) is 15.7. The molecule has 0 unspecified atom stereocenters. The van der Waals surface area contributed by atoms with Crippen molar-refractivity contribution in [2.75, 3.05) is 13.2 Å². The van der Waals surface area contributed by atoms with Crippen LogP contribution < -0.4 is 10.6 Å². The summed E-state index contributed by atoms with van der Waals surface area (Å²) in [6, 6.07) is 2.24. The first-order valence-electron chi connectivity index (χ1n) is 6.39. The van der Waals surface area contributed by atoms with E-state index in [2.05, 4.69) is 15.6 Å². The SMILES string of the molecule is CCCCNC(=O)NC(=O)COC(=O)c1ccc(Cl)nc1. The molecular formula is C13H16ClN3O4. The maximum Gasteiger partial charge on any atom is 0.340 e. The number of halogens is 1. The molecule has 0 aromatic carbocycles. The van der Waals surface area contributed by atoms with Gasteiger partial charge in [-0.25, -0.2) is 14.6 Å². The van der Waals surface area contributed by atoms with Crippen molar-refractivity contribution in [1.82, 2.24) is 15.6 Å². The number of aromatic nitrogens is 1. The standard InChI is InChI=1S/C13H16ClN3O4/c1-2-3-6-15-13(20)17-11(18)8-21-12(19)9-4-5-10(14)16-7-9/h4-5,7H,2-3,6,8H2,1H3,(H2,15,17,18,20). The van der Waals surface area contributed by atoms with Crippen LogP contribution >= 0.6 is 11.6 Å². The average molecular weight is 314 g/mol. The van der Waals surface area contributed by atoms with Crippen LogP contribution in [-0.2, 0) is 9.53 Å². The van der Waals surface area contributed by atoms with E-state index in [4.69, 9.17) is 16.3 Å². The number of esters is 1. The van der Waals surface area contributed by atoms with E-state index in [1.54, 1.807) is 0 Å². The molecule has 0 fully saturated rings. The van der Waals surface area contributed by atoms with Crippen molar-refractivity contribution in [3.63, 3.8) is 0 Å². The van der Waals surface area contributed by atoms with Crippen LogP contribution in [0.25, 0.3) is 0 Å². The van der Waals surface area contributed by atoms with E-state index in [-0.39, 0.29) is 10.7 Å². The minimum atomic E-state index is -0.722. The highest BCUT2D eigenvalue weighted by Gasteiger charge is 2.12. The monoisotopic (exact) mass is 313 g/mol. The Morgan fingerprint density at radius 1 is 1.33 bits per heavy atom. The topological polar surface area (TPSA) is 97.4 Å². The number of nitrogens with zero attached hydrogens (tertiary/aromatic N) is 1. The molecule has 1 heterocycles. The molecule has 1 aromatic heterocycles. The molecule has 1 aromatic rings. The van der Waals surface area contributed by atoms with Gasteiger partial charge in [-0.3, -0.25) is 10.1 Å². The second-order valence-corrected chi connectivity index (χ2v) is 4.49.